The van der Waals surface area contributed by atoms with Crippen molar-refractivity contribution >= 4 is 35.0 Å². The first-order valence-electron chi connectivity index (χ1n) is 6.11. The van der Waals surface area contributed by atoms with Crippen molar-refractivity contribution in [1.29, 1.82) is 0 Å². The number of aromatic amines is 1. The molecule has 3 rings (SSSR count). The van der Waals surface area contributed by atoms with Gasteiger partial charge in [0.15, 0.2) is 0 Å². The number of aromatic nitrogens is 3. The number of nitrogens with one attached hydrogen (secondary N) is 1. The Morgan fingerprint density at radius 2 is 2.05 bits per heavy atom. The van der Waals surface area contributed by atoms with Crippen LogP contribution in [0.2, 0.25) is 5.28 Å². The van der Waals surface area contributed by atoms with Crippen LogP contribution < -0.4 is 5.30 Å². The zero-order chi connectivity index (χ0) is 14.3. The molecule has 0 unspecified atom stereocenters. The first-order chi connectivity index (χ1) is 9.47. The summed E-state index contributed by atoms with van der Waals surface area (Å²) in [5.74, 6) is 0. The molecule has 0 spiro atoms. The molecular weight excluding hydrogens is 293 g/mol. The molecule has 2 heterocycles. The van der Waals surface area contributed by atoms with Gasteiger partial charge in [0.2, 0.25) is 5.28 Å². The van der Waals surface area contributed by atoms with Gasteiger partial charge in [-0.3, -0.25) is 0 Å². The highest BCUT2D eigenvalue weighted by atomic mass is 35.5. The summed E-state index contributed by atoms with van der Waals surface area (Å²) >= 11 is 5.84. The topological polar surface area (TPSA) is 58.6 Å². The third-order valence-corrected chi connectivity index (χ3v) is 4.89. The second-order valence-corrected chi connectivity index (χ2v) is 8.49. The monoisotopic (exact) mass is 305 g/mol. The van der Waals surface area contributed by atoms with E-state index in [9.17, 15) is 4.57 Å². The Bertz CT molecular complexity index is 837. The maximum atomic E-state index is 12.4. The van der Waals surface area contributed by atoms with Crippen molar-refractivity contribution in [3.8, 4) is 11.3 Å². The molecule has 1 N–H and O–H groups in total. The molecule has 1 aromatic carbocycles. The van der Waals surface area contributed by atoms with E-state index in [0.717, 1.165) is 27.5 Å². The molecule has 2 aromatic heterocycles. The molecular formula is C14H13ClN3OP. The summed E-state index contributed by atoms with van der Waals surface area (Å²) in [4.78, 5) is 11.3. The van der Waals surface area contributed by atoms with Crippen LogP contribution >= 0.6 is 18.7 Å². The molecule has 4 nitrogen and oxygen atoms in total. The number of halogens is 1. The van der Waals surface area contributed by atoms with Crippen LogP contribution in [0.4, 0.5) is 0 Å². The lowest BCUT2D eigenvalue weighted by Gasteiger charge is -2.08. The second kappa shape index (κ2) is 4.72. The molecule has 0 atom stereocenters. The van der Waals surface area contributed by atoms with Crippen molar-refractivity contribution in [3.63, 3.8) is 0 Å². The predicted octanol–water partition coefficient (Wildman–Crippen LogP) is 3.53. The van der Waals surface area contributed by atoms with Crippen LogP contribution in [0.5, 0.6) is 0 Å². The molecule has 0 saturated carbocycles. The fourth-order valence-corrected chi connectivity index (χ4v) is 3.60. The number of benzene rings is 1. The van der Waals surface area contributed by atoms with Crippen molar-refractivity contribution < 1.29 is 4.57 Å². The summed E-state index contributed by atoms with van der Waals surface area (Å²) in [5.41, 5.74) is 2.57. The van der Waals surface area contributed by atoms with Crippen molar-refractivity contribution in [3.05, 3.63) is 41.9 Å². The Kier molecular flexibility index (Phi) is 3.15. The maximum Gasteiger partial charge on any atom is 0.222 e. The normalized spacial score (nSPS) is 11.9. The van der Waals surface area contributed by atoms with E-state index in [1.807, 2.05) is 24.4 Å². The summed E-state index contributed by atoms with van der Waals surface area (Å²) < 4.78 is 12.4. The molecule has 20 heavy (non-hydrogen) atoms. The Morgan fingerprint density at radius 1 is 1.25 bits per heavy atom. The number of para-hydroxylation sites is 1. The molecule has 102 valence electrons. The molecule has 0 amide bonds. The lowest BCUT2D eigenvalue weighted by Crippen LogP contribution is -2.03. The highest BCUT2D eigenvalue weighted by Gasteiger charge is 2.17. The van der Waals surface area contributed by atoms with E-state index in [1.54, 1.807) is 25.6 Å². The van der Waals surface area contributed by atoms with Gasteiger partial charge in [0, 0.05) is 28.6 Å². The minimum atomic E-state index is -2.34. The molecule has 0 radical (unpaired) electrons. The van der Waals surface area contributed by atoms with Gasteiger partial charge in [-0.15, -0.1) is 0 Å². The first-order valence-corrected chi connectivity index (χ1v) is 9.09. The zero-order valence-corrected chi connectivity index (χ0v) is 12.7. The fraction of sp³-hybridized carbons (Fsp3) is 0.143. The van der Waals surface area contributed by atoms with Crippen molar-refractivity contribution in [2.45, 2.75) is 0 Å². The van der Waals surface area contributed by atoms with E-state index in [0.29, 0.717) is 0 Å². The van der Waals surface area contributed by atoms with Crippen molar-refractivity contribution in [2.75, 3.05) is 13.3 Å². The van der Waals surface area contributed by atoms with Gasteiger partial charge in [-0.05, 0) is 37.1 Å². The van der Waals surface area contributed by atoms with Gasteiger partial charge in [-0.25, -0.2) is 9.97 Å². The minimum Gasteiger partial charge on any atom is -0.360 e. The predicted molar refractivity (Wildman–Crippen MR) is 83.4 cm³/mol. The second-order valence-electron chi connectivity index (χ2n) is 4.96. The molecule has 0 aliphatic carbocycles. The highest BCUT2D eigenvalue weighted by Crippen LogP contribution is 2.38. The van der Waals surface area contributed by atoms with Crippen LogP contribution in [0.1, 0.15) is 0 Å². The first kappa shape index (κ1) is 13.3. The van der Waals surface area contributed by atoms with Gasteiger partial charge < -0.3 is 9.55 Å². The van der Waals surface area contributed by atoms with Crippen LogP contribution in [0, 0.1) is 0 Å². The smallest absolute Gasteiger partial charge is 0.222 e. The number of nitrogens with zero attached hydrogens (tertiary/aromatic N) is 2. The fourth-order valence-electron chi connectivity index (χ4n) is 2.28. The van der Waals surface area contributed by atoms with Gasteiger partial charge in [-0.1, -0.05) is 12.1 Å². The van der Waals surface area contributed by atoms with Crippen LogP contribution in [0.25, 0.3) is 22.2 Å². The highest BCUT2D eigenvalue weighted by molar-refractivity contribution is 7.70. The third-order valence-electron chi connectivity index (χ3n) is 3.18. The Balaban J connectivity index is 2.28. The summed E-state index contributed by atoms with van der Waals surface area (Å²) in [6, 6.07) is 7.60. The van der Waals surface area contributed by atoms with Crippen LogP contribution in [-0.2, 0) is 4.57 Å². The van der Waals surface area contributed by atoms with Crippen LogP contribution in [-0.4, -0.2) is 28.3 Å². The maximum absolute atomic E-state index is 12.4. The number of hydrogen-bond acceptors (Lipinski definition) is 3. The third kappa shape index (κ3) is 2.26. The summed E-state index contributed by atoms with van der Waals surface area (Å²) in [7, 11) is -2.34. The average Bonchev–Trinajstić information content (AvgIpc) is 2.81. The van der Waals surface area contributed by atoms with Gasteiger partial charge in [0.25, 0.3) is 0 Å². The van der Waals surface area contributed by atoms with E-state index < -0.39 is 7.14 Å². The molecule has 0 aliphatic rings. The van der Waals surface area contributed by atoms with Crippen molar-refractivity contribution in [2.24, 2.45) is 0 Å². The summed E-state index contributed by atoms with van der Waals surface area (Å²) in [6.45, 7) is 3.54. The van der Waals surface area contributed by atoms with E-state index in [-0.39, 0.29) is 5.28 Å². The standard InChI is InChI=1S/C14H13ClN3OP/c1-20(2,19)12-5-3-4-9-10(8-17-13(9)12)11-6-7-16-14(15)18-11/h3-8,17H,1-2H3. The van der Waals surface area contributed by atoms with E-state index in [2.05, 4.69) is 15.0 Å². The van der Waals surface area contributed by atoms with Gasteiger partial charge in [0.05, 0.1) is 11.2 Å². The quantitative estimate of drug-likeness (QED) is 0.582. The Labute approximate surface area is 121 Å². The number of hydrogen-bond donors (Lipinski definition) is 1. The summed E-state index contributed by atoms with van der Waals surface area (Å²) in [5, 5.41) is 2.05. The molecule has 0 fully saturated rings. The molecule has 6 heteroatoms. The minimum absolute atomic E-state index is 0.213. The van der Waals surface area contributed by atoms with Crippen LogP contribution in [0.3, 0.4) is 0 Å². The number of rotatable bonds is 2. The van der Waals surface area contributed by atoms with Crippen molar-refractivity contribution in [1.82, 2.24) is 15.0 Å². The van der Waals surface area contributed by atoms with Gasteiger partial charge in [-0.2, -0.15) is 0 Å². The average molecular weight is 306 g/mol. The lowest BCUT2D eigenvalue weighted by atomic mass is 10.1. The van der Waals surface area contributed by atoms with Gasteiger partial charge in [0.1, 0.15) is 7.14 Å². The summed E-state index contributed by atoms with van der Waals surface area (Å²) in [6.07, 6.45) is 3.49. The lowest BCUT2D eigenvalue weighted by molar-refractivity contribution is 0.588. The van der Waals surface area contributed by atoms with Crippen LogP contribution in [0.15, 0.2) is 36.7 Å². The van der Waals surface area contributed by atoms with E-state index in [4.69, 9.17) is 11.6 Å². The van der Waals surface area contributed by atoms with Gasteiger partial charge >= 0.3 is 0 Å². The largest absolute Gasteiger partial charge is 0.360 e. The number of H-pyrrole nitrogens is 1. The molecule has 0 aliphatic heterocycles. The molecule has 0 saturated heterocycles. The Hall–Kier alpha value is -1.64. The molecule has 3 aromatic rings. The van der Waals surface area contributed by atoms with E-state index in [1.165, 1.54) is 0 Å². The SMILES string of the molecule is CP(C)(=O)c1cccc2c(-c3ccnc(Cl)n3)c[nH]c12. The zero-order valence-electron chi connectivity index (χ0n) is 11.1. The Morgan fingerprint density at radius 3 is 2.75 bits per heavy atom. The molecule has 0 bridgehead atoms. The number of fused-ring (bicyclic) bond motifs is 1. The van der Waals surface area contributed by atoms with E-state index >= 15 is 0 Å².